The van der Waals surface area contributed by atoms with E-state index in [2.05, 4.69) is 21.8 Å². The Bertz CT molecular complexity index is 560. The van der Waals surface area contributed by atoms with E-state index in [0.717, 1.165) is 11.0 Å². The number of fused-ring (bicyclic) bond motifs is 1. The summed E-state index contributed by atoms with van der Waals surface area (Å²) in [6, 6.07) is 3.71. The molecule has 74 valence electrons. The number of aromatic amines is 1. The quantitative estimate of drug-likeness (QED) is 0.683. The number of nitrogens with one attached hydrogen (secondary N) is 1. The molecular formula is C11H8N2O2. The van der Waals surface area contributed by atoms with Crippen LogP contribution in [-0.4, -0.2) is 21.0 Å². The SMILES string of the molecule is O=C(O)CC#Cc1cnc2cc[nH]c2c1. The van der Waals surface area contributed by atoms with Gasteiger partial charge in [0.25, 0.3) is 0 Å². The highest BCUT2D eigenvalue weighted by atomic mass is 16.4. The smallest absolute Gasteiger partial charge is 0.315 e. The van der Waals surface area contributed by atoms with Gasteiger partial charge in [-0.3, -0.25) is 9.78 Å². The number of hydrogen-bond acceptors (Lipinski definition) is 2. The van der Waals surface area contributed by atoms with Gasteiger partial charge >= 0.3 is 5.97 Å². The Labute approximate surface area is 86.0 Å². The summed E-state index contributed by atoms with van der Waals surface area (Å²) in [5, 5.41) is 8.41. The van der Waals surface area contributed by atoms with Crippen molar-refractivity contribution in [1.29, 1.82) is 0 Å². The van der Waals surface area contributed by atoms with Crippen LogP contribution in [0.2, 0.25) is 0 Å². The first-order valence-corrected chi connectivity index (χ1v) is 4.39. The predicted molar refractivity (Wildman–Crippen MR) is 55.2 cm³/mol. The van der Waals surface area contributed by atoms with Crippen molar-refractivity contribution in [3.05, 3.63) is 30.1 Å². The maximum atomic E-state index is 10.2. The van der Waals surface area contributed by atoms with Crippen LogP contribution in [0.5, 0.6) is 0 Å². The Morgan fingerprint density at radius 1 is 1.60 bits per heavy atom. The Morgan fingerprint density at radius 3 is 3.27 bits per heavy atom. The largest absolute Gasteiger partial charge is 0.481 e. The van der Waals surface area contributed by atoms with E-state index in [-0.39, 0.29) is 6.42 Å². The summed E-state index contributed by atoms with van der Waals surface area (Å²) in [5.74, 6) is 4.38. The molecule has 15 heavy (non-hydrogen) atoms. The number of aliphatic carboxylic acids is 1. The lowest BCUT2D eigenvalue weighted by atomic mass is 10.2. The van der Waals surface area contributed by atoms with Crippen LogP contribution in [0.1, 0.15) is 12.0 Å². The number of aromatic nitrogens is 2. The van der Waals surface area contributed by atoms with Gasteiger partial charge in [0.05, 0.1) is 11.0 Å². The van der Waals surface area contributed by atoms with Crippen LogP contribution < -0.4 is 0 Å². The lowest BCUT2D eigenvalue weighted by Crippen LogP contribution is -1.90. The van der Waals surface area contributed by atoms with E-state index in [0.29, 0.717) is 5.56 Å². The van der Waals surface area contributed by atoms with E-state index >= 15 is 0 Å². The molecule has 0 amide bonds. The molecule has 2 aromatic rings. The topological polar surface area (TPSA) is 66.0 Å². The van der Waals surface area contributed by atoms with Crippen LogP contribution in [0.25, 0.3) is 11.0 Å². The van der Waals surface area contributed by atoms with Gasteiger partial charge in [-0.15, -0.1) is 0 Å². The summed E-state index contributed by atoms with van der Waals surface area (Å²) >= 11 is 0. The van der Waals surface area contributed by atoms with Gasteiger partial charge < -0.3 is 10.1 Å². The molecule has 0 unspecified atom stereocenters. The van der Waals surface area contributed by atoms with Crippen molar-refractivity contribution in [2.45, 2.75) is 6.42 Å². The van der Waals surface area contributed by atoms with E-state index in [1.807, 2.05) is 12.1 Å². The molecule has 4 heteroatoms. The lowest BCUT2D eigenvalue weighted by Gasteiger charge is -1.90. The fourth-order valence-corrected chi connectivity index (χ4v) is 1.22. The summed E-state index contributed by atoms with van der Waals surface area (Å²) in [7, 11) is 0. The highest BCUT2D eigenvalue weighted by Gasteiger charge is 1.95. The second-order valence-electron chi connectivity index (χ2n) is 3.01. The molecule has 2 rings (SSSR count). The molecule has 0 saturated heterocycles. The summed E-state index contributed by atoms with van der Waals surface area (Å²) in [5.41, 5.74) is 2.49. The van der Waals surface area contributed by atoms with E-state index < -0.39 is 5.97 Å². The van der Waals surface area contributed by atoms with Gasteiger partial charge in [0.2, 0.25) is 0 Å². The van der Waals surface area contributed by atoms with Gasteiger partial charge in [0.15, 0.2) is 0 Å². The zero-order valence-electron chi connectivity index (χ0n) is 7.82. The van der Waals surface area contributed by atoms with Crippen molar-refractivity contribution in [3.63, 3.8) is 0 Å². The third-order valence-electron chi connectivity index (χ3n) is 1.87. The average Bonchev–Trinajstić information content (AvgIpc) is 2.64. The fraction of sp³-hybridized carbons (Fsp3) is 0.0909. The normalized spacial score (nSPS) is 9.60. The monoisotopic (exact) mass is 200 g/mol. The number of hydrogen-bond donors (Lipinski definition) is 2. The second-order valence-corrected chi connectivity index (χ2v) is 3.01. The Hall–Kier alpha value is -2.28. The number of carboxylic acids is 1. The van der Waals surface area contributed by atoms with Crippen molar-refractivity contribution in [2.75, 3.05) is 0 Å². The molecule has 0 aromatic carbocycles. The van der Waals surface area contributed by atoms with E-state index in [9.17, 15) is 4.79 Å². The van der Waals surface area contributed by atoms with E-state index in [1.165, 1.54) is 0 Å². The molecule has 2 heterocycles. The minimum Gasteiger partial charge on any atom is -0.481 e. The Morgan fingerprint density at radius 2 is 2.47 bits per heavy atom. The van der Waals surface area contributed by atoms with Crippen LogP contribution in [-0.2, 0) is 4.79 Å². The zero-order chi connectivity index (χ0) is 10.7. The van der Waals surface area contributed by atoms with Gasteiger partial charge in [-0.05, 0) is 12.1 Å². The van der Waals surface area contributed by atoms with Crippen LogP contribution in [0.15, 0.2) is 24.5 Å². The van der Waals surface area contributed by atoms with Crippen LogP contribution in [0.4, 0.5) is 0 Å². The minimum absolute atomic E-state index is 0.150. The van der Waals surface area contributed by atoms with Gasteiger partial charge in [0.1, 0.15) is 6.42 Å². The zero-order valence-corrected chi connectivity index (χ0v) is 7.82. The van der Waals surface area contributed by atoms with Crippen LogP contribution >= 0.6 is 0 Å². The van der Waals surface area contributed by atoms with E-state index in [4.69, 9.17) is 5.11 Å². The number of carboxylic acid groups (broad SMARTS) is 1. The van der Waals surface area contributed by atoms with Crippen molar-refractivity contribution in [1.82, 2.24) is 9.97 Å². The summed E-state index contributed by atoms with van der Waals surface area (Å²) in [6.45, 7) is 0. The maximum Gasteiger partial charge on any atom is 0.315 e. The van der Waals surface area contributed by atoms with Crippen LogP contribution in [0, 0.1) is 11.8 Å². The van der Waals surface area contributed by atoms with Gasteiger partial charge in [-0.1, -0.05) is 11.8 Å². The molecular weight excluding hydrogens is 192 g/mol. The van der Waals surface area contributed by atoms with Gasteiger partial charge in [-0.2, -0.15) is 0 Å². The molecule has 0 atom stereocenters. The molecule has 0 aliphatic heterocycles. The highest BCUT2D eigenvalue weighted by Crippen LogP contribution is 2.09. The fourth-order valence-electron chi connectivity index (χ4n) is 1.22. The van der Waals surface area contributed by atoms with Gasteiger partial charge in [-0.25, -0.2) is 0 Å². The van der Waals surface area contributed by atoms with Crippen molar-refractivity contribution in [2.24, 2.45) is 0 Å². The first kappa shape index (κ1) is 9.28. The molecule has 0 spiro atoms. The lowest BCUT2D eigenvalue weighted by molar-refractivity contribution is -0.135. The molecule has 4 nitrogen and oxygen atoms in total. The molecule has 0 aliphatic carbocycles. The molecule has 0 saturated carbocycles. The maximum absolute atomic E-state index is 10.2. The van der Waals surface area contributed by atoms with Crippen LogP contribution in [0.3, 0.4) is 0 Å². The molecule has 0 radical (unpaired) electrons. The molecule has 2 N–H and O–H groups in total. The first-order chi connectivity index (χ1) is 7.25. The average molecular weight is 200 g/mol. The van der Waals surface area contributed by atoms with Crippen molar-refractivity contribution in [3.8, 4) is 11.8 Å². The Kier molecular flexibility index (Phi) is 2.38. The number of nitrogens with zero attached hydrogens (tertiary/aromatic N) is 1. The standard InChI is InChI=1S/C11H8N2O2/c14-11(15)3-1-2-8-6-10-9(13-7-8)4-5-12-10/h4-7,12H,3H2,(H,14,15). The van der Waals surface area contributed by atoms with Gasteiger partial charge in [0, 0.05) is 18.0 Å². The molecule has 0 bridgehead atoms. The summed E-state index contributed by atoms with van der Waals surface area (Å²) in [6.07, 6.45) is 3.28. The van der Waals surface area contributed by atoms with Crippen molar-refractivity contribution >= 4 is 17.0 Å². The number of H-pyrrole nitrogens is 1. The first-order valence-electron chi connectivity index (χ1n) is 4.39. The second kappa shape index (κ2) is 3.84. The number of pyridine rings is 1. The predicted octanol–water partition coefficient (Wildman–Crippen LogP) is 1.39. The Balaban J connectivity index is 2.27. The molecule has 2 aromatic heterocycles. The summed E-state index contributed by atoms with van der Waals surface area (Å²) in [4.78, 5) is 17.4. The number of carbonyl (C=O) groups is 1. The third kappa shape index (κ3) is 2.15. The van der Waals surface area contributed by atoms with Crippen molar-refractivity contribution < 1.29 is 9.90 Å². The third-order valence-corrected chi connectivity index (χ3v) is 1.87. The minimum atomic E-state index is -0.920. The highest BCUT2D eigenvalue weighted by molar-refractivity contribution is 5.76. The molecule has 0 aliphatic rings. The molecule has 0 fully saturated rings. The number of rotatable bonds is 1. The van der Waals surface area contributed by atoms with E-state index in [1.54, 1.807) is 12.4 Å². The summed E-state index contributed by atoms with van der Waals surface area (Å²) < 4.78 is 0.